The second-order valence-electron chi connectivity index (χ2n) is 5.72. The molecular formula is C20H18Cl2NO4-. The van der Waals surface area contributed by atoms with Gasteiger partial charge >= 0.3 is 5.97 Å². The van der Waals surface area contributed by atoms with Gasteiger partial charge < -0.3 is 32.0 Å². The van der Waals surface area contributed by atoms with E-state index >= 15 is 0 Å². The van der Waals surface area contributed by atoms with Gasteiger partial charge in [-0.05, 0) is 48.0 Å². The number of carboxylic acids is 1. The Hall–Kier alpha value is -2.47. The first kappa shape index (κ1) is 20.8. The van der Waals surface area contributed by atoms with Gasteiger partial charge in [0.05, 0.1) is 24.2 Å². The summed E-state index contributed by atoms with van der Waals surface area (Å²) in [7, 11) is 1.58. The van der Waals surface area contributed by atoms with Crippen LogP contribution in [0.15, 0.2) is 59.0 Å². The van der Waals surface area contributed by atoms with Gasteiger partial charge in [-0.25, -0.2) is 4.79 Å². The Morgan fingerprint density at radius 3 is 2.48 bits per heavy atom. The number of nitrogens with one attached hydrogen (secondary N) is 1. The molecule has 0 spiro atoms. The van der Waals surface area contributed by atoms with Crippen LogP contribution >= 0.6 is 11.6 Å². The second kappa shape index (κ2) is 9.46. The molecule has 142 valence electrons. The van der Waals surface area contributed by atoms with Gasteiger partial charge in [0, 0.05) is 12.1 Å². The highest BCUT2D eigenvalue weighted by molar-refractivity contribution is 6.32. The van der Waals surface area contributed by atoms with E-state index in [1.807, 2.05) is 18.2 Å². The molecule has 5 nitrogen and oxygen atoms in total. The van der Waals surface area contributed by atoms with Crippen LogP contribution in [0.2, 0.25) is 5.02 Å². The van der Waals surface area contributed by atoms with Crippen molar-refractivity contribution < 1.29 is 31.5 Å². The van der Waals surface area contributed by atoms with Crippen LogP contribution in [0.4, 0.5) is 0 Å². The van der Waals surface area contributed by atoms with Gasteiger partial charge in [-0.1, -0.05) is 23.7 Å². The summed E-state index contributed by atoms with van der Waals surface area (Å²) in [5.41, 5.74) is 2.16. The Balaban J connectivity index is 0.00000261. The highest BCUT2D eigenvalue weighted by atomic mass is 35.5. The molecule has 0 bridgehead atoms. The Kier molecular flexibility index (Phi) is 7.30. The minimum Gasteiger partial charge on any atom is -1.00 e. The summed E-state index contributed by atoms with van der Waals surface area (Å²) in [6.45, 7) is 1.18. The Morgan fingerprint density at radius 1 is 1.11 bits per heavy atom. The van der Waals surface area contributed by atoms with Gasteiger partial charge in [-0.3, -0.25) is 0 Å². The van der Waals surface area contributed by atoms with Crippen molar-refractivity contribution in [1.29, 1.82) is 0 Å². The number of carbonyl (C=O) groups is 1. The maximum atomic E-state index is 10.8. The van der Waals surface area contributed by atoms with Crippen molar-refractivity contribution in [2.24, 2.45) is 0 Å². The van der Waals surface area contributed by atoms with Crippen molar-refractivity contribution in [2.45, 2.75) is 13.1 Å². The van der Waals surface area contributed by atoms with Gasteiger partial charge in [0.1, 0.15) is 17.3 Å². The van der Waals surface area contributed by atoms with Crippen molar-refractivity contribution in [2.75, 3.05) is 7.11 Å². The summed E-state index contributed by atoms with van der Waals surface area (Å²) in [4.78, 5) is 10.8. The van der Waals surface area contributed by atoms with Crippen LogP contribution in [0.3, 0.4) is 0 Å². The molecule has 0 unspecified atom stereocenters. The van der Waals surface area contributed by atoms with E-state index in [1.54, 1.807) is 43.5 Å². The van der Waals surface area contributed by atoms with Crippen LogP contribution in [0.1, 0.15) is 21.7 Å². The number of ether oxygens (including phenoxy) is 1. The van der Waals surface area contributed by atoms with Gasteiger partial charge in [-0.2, -0.15) is 0 Å². The zero-order valence-corrected chi connectivity index (χ0v) is 16.1. The van der Waals surface area contributed by atoms with E-state index in [4.69, 9.17) is 25.9 Å². The smallest absolute Gasteiger partial charge is 0.335 e. The Morgan fingerprint density at radius 2 is 1.85 bits per heavy atom. The molecule has 0 saturated carbocycles. The molecule has 1 heterocycles. The molecule has 3 aromatic rings. The lowest BCUT2D eigenvalue weighted by molar-refractivity contribution is -0.0000215. The van der Waals surface area contributed by atoms with Crippen LogP contribution in [0, 0.1) is 0 Å². The summed E-state index contributed by atoms with van der Waals surface area (Å²) in [5, 5.41) is 12.7. The van der Waals surface area contributed by atoms with E-state index < -0.39 is 5.97 Å². The van der Waals surface area contributed by atoms with Gasteiger partial charge in [0.15, 0.2) is 0 Å². The van der Waals surface area contributed by atoms with Crippen LogP contribution in [0.5, 0.6) is 5.75 Å². The predicted molar refractivity (Wildman–Crippen MR) is 99.7 cm³/mol. The topological polar surface area (TPSA) is 71.7 Å². The van der Waals surface area contributed by atoms with E-state index in [0.29, 0.717) is 23.9 Å². The molecule has 3 rings (SSSR count). The van der Waals surface area contributed by atoms with Crippen molar-refractivity contribution in [3.63, 3.8) is 0 Å². The quantitative estimate of drug-likeness (QED) is 0.623. The Labute approximate surface area is 168 Å². The van der Waals surface area contributed by atoms with Crippen LogP contribution < -0.4 is 22.5 Å². The summed E-state index contributed by atoms with van der Waals surface area (Å²) in [6.07, 6.45) is 0. The number of hydrogen-bond donors (Lipinski definition) is 2. The minimum atomic E-state index is -0.925. The number of rotatable bonds is 7. The lowest BCUT2D eigenvalue weighted by atomic mass is 10.1. The molecule has 0 radical (unpaired) electrons. The third-order valence-corrected chi connectivity index (χ3v) is 4.22. The van der Waals surface area contributed by atoms with Crippen LogP contribution in [0.25, 0.3) is 11.3 Å². The number of aromatic carboxylic acids is 1. The molecule has 0 fully saturated rings. The monoisotopic (exact) mass is 406 g/mol. The van der Waals surface area contributed by atoms with E-state index in [2.05, 4.69) is 5.32 Å². The molecule has 0 saturated heterocycles. The highest BCUT2D eigenvalue weighted by Gasteiger charge is 2.08. The first-order chi connectivity index (χ1) is 12.6. The minimum absolute atomic E-state index is 0. The zero-order valence-electron chi connectivity index (χ0n) is 14.5. The van der Waals surface area contributed by atoms with Gasteiger partial charge in [0.25, 0.3) is 0 Å². The summed E-state index contributed by atoms with van der Waals surface area (Å²) < 4.78 is 11.0. The van der Waals surface area contributed by atoms with E-state index in [-0.39, 0.29) is 18.0 Å². The largest absolute Gasteiger partial charge is 1.00 e. The molecule has 0 aliphatic carbocycles. The fourth-order valence-electron chi connectivity index (χ4n) is 2.54. The molecule has 7 heteroatoms. The number of furan rings is 1. The van der Waals surface area contributed by atoms with Crippen LogP contribution in [-0.4, -0.2) is 18.2 Å². The van der Waals surface area contributed by atoms with Crippen molar-refractivity contribution in [3.8, 4) is 17.1 Å². The van der Waals surface area contributed by atoms with E-state index in [0.717, 1.165) is 22.6 Å². The highest BCUT2D eigenvalue weighted by Crippen LogP contribution is 2.31. The first-order valence-corrected chi connectivity index (χ1v) is 8.40. The van der Waals surface area contributed by atoms with Crippen molar-refractivity contribution >= 4 is 17.6 Å². The van der Waals surface area contributed by atoms with Gasteiger partial charge in [-0.15, -0.1) is 0 Å². The third-order valence-electron chi connectivity index (χ3n) is 3.93. The van der Waals surface area contributed by atoms with Gasteiger partial charge in [0.2, 0.25) is 0 Å². The maximum absolute atomic E-state index is 10.8. The lowest BCUT2D eigenvalue weighted by Gasteiger charge is -2.05. The number of carboxylic acid groups (broad SMARTS) is 1. The predicted octanol–water partition coefficient (Wildman–Crippen LogP) is 1.60. The van der Waals surface area contributed by atoms with E-state index in [9.17, 15) is 4.79 Å². The average Bonchev–Trinajstić information content (AvgIpc) is 3.11. The number of methoxy groups -OCH3 is 1. The average molecular weight is 407 g/mol. The van der Waals surface area contributed by atoms with Crippen molar-refractivity contribution in [1.82, 2.24) is 5.32 Å². The standard InChI is InChI=1S/C20H18ClNO4.ClH/c1-25-19-8-6-15(10-17(19)21)18-9-7-16(26-18)12-22-11-13-2-4-14(5-3-13)20(23)24;/h2-10,22H,11-12H2,1H3,(H,23,24);1H/p-1. The number of hydrogen-bond acceptors (Lipinski definition) is 4. The fourth-order valence-corrected chi connectivity index (χ4v) is 2.80. The third kappa shape index (κ3) is 5.26. The number of benzene rings is 2. The summed E-state index contributed by atoms with van der Waals surface area (Å²) >= 11 is 6.15. The summed E-state index contributed by atoms with van der Waals surface area (Å²) in [5.74, 6) is 1.23. The molecule has 2 N–H and O–H groups in total. The van der Waals surface area contributed by atoms with Crippen molar-refractivity contribution in [3.05, 3.63) is 76.5 Å². The molecule has 0 atom stereocenters. The fraction of sp³-hybridized carbons (Fsp3) is 0.150. The molecule has 2 aromatic carbocycles. The summed E-state index contributed by atoms with van der Waals surface area (Å²) in [6, 6.07) is 16.1. The van der Waals surface area contributed by atoms with E-state index in [1.165, 1.54) is 0 Å². The Bertz CT molecular complexity index is 907. The molecule has 0 aliphatic heterocycles. The lowest BCUT2D eigenvalue weighted by Crippen LogP contribution is -3.00. The SMILES string of the molecule is COc1ccc(-c2ccc(CNCc3ccc(C(=O)O)cc3)o2)cc1Cl.[Cl-]. The second-order valence-corrected chi connectivity index (χ2v) is 6.13. The molecule has 0 aliphatic rings. The van der Waals surface area contributed by atoms with Crippen LogP contribution in [-0.2, 0) is 13.1 Å². The first-order valence-electron chi connectivity index (χ1n) is 8.02. The molecule has 0 amide bonds. The molecule has 1 aromatic heterocycles. The number of halogens is 2. The zero-order chi connectivity index (χ0) is 18.5. The maximum Gasteiger partial charge on any atom is 0.335 e. The molecular weight excluding hydrogens is 389 g/mol. The molecule has 27 heavy (non-hydrogen) atoms. The normalized spacial score (nSPS) is 10.3.